The molecular weight excluding hydrogens is 348 g/mol. The van der Waals surface area contributed by atoms with Gasteiger partial charge < -0.3 is 9.84 Å². The lowest BCUT2D eigenvalue weighted by atomic mass is 9.78. The maximum absolute atomic E-state index is 12.7. The zero-order valence-electron chi connectivity index (χ0n) is 15.0. The normalized spacial score (nSPS) is 21.4. The van der Waals surface area contributed by atoms with E-state index in [0.29, 0.717) is 17.7 Å². The van der Waals surface area contributed by atoms with Gasteiger partial charge in [-0.1, -0.05) is 55.5 Å². The molecular formula is C20H22N2O5. The molecule has 0 aliphatic carbocycles. The number of nitrogens with zero attached hydrogens (tertiary/aromatic N) is 2. The van der Waals surface area contributed by atoms with E-state index in [-0.39, 0.29) is 18.1 Å². The highest BCUT2D eigenvalue weighted by atomic mass is 16.6. The van der Waals surface area contributed by atoms with Crippen LogP contribution in [0.3, 0.4) is 0 Å². The number of carbonyl (C=O) groups is 1. The van der Waals surface area contributed by atoms with Gasteiger partial charge in [-0.25, -0.2) is 4.79 Å². The van der Waals surface area contributed by atoms with Crippen molar-refractivity contribution in [3.8, 4) is 0 Å². The first kappa shape index (κ1) is 18.8. The largest absolute Gasteiger partial charge is 0.444 e. The molecule has 0 unspecified atom stereocenters. The van der Waals surface area contributed by atoms with Crippen molar-refractivity contribution < 1.29 is 19.6 Å². The van der Waals surface area contributed by atoms with Gasteiger partial charge in [-0.05, 0) is 23.6 Å². The van der Waals surface area contributed by atoms with E-state index in [0.717, 1.165) is 5.56 Å². The third-order valence-corrected chi connectivity index (χ3v) is 4.98. The Morgan fingerprint density at radius 1 is 1.19 bits per heavy atom. The summed E-state index contributed by atoms with van der Waals surface area (Å²) in [4.78, 5) is 24.7. The number of benzene rings is 2. The van der Waals surface area contributed by atoms with Crippen molar-refractivity contribution in [1.29, 1.82) is 0 Å². The molecule has 0 fully saturated rings. The highest BCUT2D eigenvalue weighted by Gasteiger charge is 2.44. The van der Waals surface area contributed by atoms with Crippen molar-refractivity contribution in [3.63, 3.8) is 0 Å². The van der Waals surface area contributed by atoms with Gasteiger partial charge in [0.25, 0.3) is 0 Å². The molecule has 1 aliphatic heterocycles. The van der Waals surface area contributed by atoms with Gasteiger partial charge in [0.15, 0.2) is 0 Å². The second-order valence-electron chi connectivity index (χ2n) is 6.58. The van der Waals surface area contributed by atoms with Crippen LogP contribution >= 0.6 is 0 Å². The Morgan fingerprint density at radius 3 is 2.52 bits per heavy atom. The quantitative estimate of drug-likeness (QED) is 0.642. The number of fused-ring (bicyclic) bond motifs is 1. The van der Waals surface area contributed by atoms with Crippen LogP contribution in [-0.4, -0.2) is 28.9 Å². The molecule has 0 spiro atoms. The third kappa shape index (κ3) is 3.93. The SMILES string of the molecule is CC[C@@H]1[C@H](C[N+](=O)[O-])c2ccccc2N(C(=O)OCc2ccccc2)[C@@H]1O. The van der Waals surface area contributed by atoms with E-state index >= 15 is 0 Å². The number of aliphatic hydroxyl groups excluding tert-OH is 1. The summed E-state index contributed by atoms with van der Waals surface area (Å²) in [6.45, 7) is 1.64. The Hall–Kier alpha value is -2.93. The number of carbonyl (C=O) groups excluding carboxylic acids is 1. The summed E-state index contributed by atoms with van der Waals surface area (Å²) in [5.74, 6) is -0.913. The number of hydrogen-bond donors (Lipinski definition) is 1. The maximum atomic E-state index is 12.7. The molecule has 27 heavy (non-hydrogen) atoms. The van der Waals surface area contributed by atoms with E-state index in [2.05, 4.69) is 0 Å². The third-order valence-electron chi connectivity index (χ3n) is 4.98. The Bertz CT molecular complexity index is 811. The topological polar surface area (TPSA) is 92.9 Å². The first-order valence-corrected chi connectivity index (χ1v) is 8.91. The molecule has 7 heteroatoms. The van der Waals surface area contributed by atoms with Crippen molar-refractivity contribution in [2.75, 3.05) is 11.4 Å². The number of nitro groups is 1. The summed E-state index contributed by atoms with van der Waals surface area (Å²) in [6.07, 6.45) is -1.36. The average molecular weight is 370 g/mol. The second kappa shape index (κ2) is 8.18. The van der Waals surface area contributed by atoms with E-state index in [1.54, 1.807) is 24.3 Å². The summed E-state index contributed by atoms with van der Waals surface area (Å²) in [5, 5.41) is 22.0. The van der Waals surface area contributed by atoms with Crippen molar-refractivity contribution in [2.45, 2.75) is 32.1 Å². The van der Waals surface area contributed by atoms with Gasteiger partial charge >= 0.3 is 6.09 Å². The van der Waals surface area contributed by atoms with Crippen LogP contribution in [0, 0.1) is 16.0 Å². The number of ether oxygens (including phenoxy) is 1. The van der Waals surface area contributed by atoms with Crippen molar-refractivity contribution in [2.24, 2.45) is 5.92 Å². The molecule has 7 nitrogen and oxygen atoms in total. The maximum Gasteiger partial charge on any atom is 0.416 e. The number of anilines is 1. The lowest BCUT2D eigenvalue weighted by molar-refractivity contribution is -0.485. The van der Waals surface area contributed by atoms with Gasteiger partial charge in [-0.15, -0.1) is 0 Å². The Morgan fingerprint density at radius 2 is 1.85 bits per heavy atom. The van der Waals surface area contributed by atoms with Crippen LogP contribution in [0.1, 0.15) is 30.4 Å². The molecule has 0 radical (unpaired) electrons. The van der Waals surface area contributed by atoms with Crippen molar-refractivity contribution >= 4 is 11.8 Å². The molecule has 1 N–H and O–H groups in total. The summed E-state index contributed by atoms with van der Waals surface area (Å²) < 4.78 is 5.40. The Kier molecular flexibility index (Phi) is 5.71. The zero-order valence-corrected chi connectivity index (χ0v) is 15.0. The smallest absolute Gasteiger partial charge is 0.416 e. The van der Waals surface area contributed by atoms with Crippen LogP contribution in [0.2, 0.25) is 0 Å². The number of amides is 1. The highest BCUT2D eigenvalue weighted by molar-refractivity contribution is 5.90. The fraction of sp³-hybridized carbons (Fsp3) is 0.350. The van der Waals surface area contributed by atoms with E-state index < -0.39 is 24.2 Å². The molecule has 2 aromatic carbocycles. The Balaban J connectivity index is 1.89. The predicted octanol–water partition coefficient (Wildman–Crippen LogP) is 3.55. The summed E-state index contributed by atoms with van der Waals surface area (Å²) >= 11 is 0. The molecule has 0 saturated heterocycles. The minimum absolute atomic E-state index is 0.0835. The molecule has 0 bridgehead atoms. The number of para-hydroxylation sites is 1. The molecule has 0 aromatic heterocycles. The van der Waals surface area contributed by atoms with Crippen LogP contribution in [0.15, 0.2) is 54.6 Å². The number of rotatable bonds is 5. The average Bonchev–Trinajstić information content (AvgIpc) is 2.67. The first-order valence-electron chi connectivity index (χ1n) is 8.91. The van der Waals surface area contributed by atoms with E-state index in [1.165, 1.54) is 4.90 Å². The lowest BCUT2D eigenvalue weighted by Gasteiger charge is -2.41. The van der Waals surface area contributed by atoms with Gasteiger partial charge in [0.05, 0.1) is 11.6 Å². The molecule has 2 aromatic rings. The van der Waals surface area contributed by atoms with Gasteiger partial charge in [-0.3, -0.25) is 15.0 Å². The molecule has 1 amide bonds. The van der Waals surface area contributed by atoms with Crippen LogP contribution < -0.4 is 4.90 Å². The fourth-order valence-electron chi connectivity index (χ4n) is 3.68. The van der Waals surface area contributed by atoms with Crippen molar-refractivity contribution in [3.05, 3.63) is 75.8 Å². The molecule has 1 aliphatic rings. The van der Waals surface area contributed by atoms with E-state index in [9.17, 15) is 20.0 Å². The minimum atomic E-state index is -1.18. The Labute approximate surface area is 157 Å². The minimum Gasteiger partial charge on any atom is -0.444 e. The van der Waals surface area contributed by atoms with Crippen molar-refractivity contribution in [1.82, 2.24) is 0 Å². The van der Waals surface area contributed by atoms with Gasteiger partial charge in [0.1, 0.15) is 12.8 Å². The molecule has 0 saturated carbocycles. The summed E-state index contributed by atoms with van der Waals surface area (Å²) in [6, 6.07) is 16.2. The predicted molar refractivity (Wildman–Crippen MR) is 99.9 cm³/mol. The molecule has 3 rings (SSSR count). The monoisotopic (exact) mass is 370 g/mol. The zero-order chi connectivity index (χ0) is 19.4. The standard InChI is InChI=1S/C20H22N2O5/c1-2-15-17(12-21(25)26)16-10-6-7-11-18(16)22(19(15)23)20(24)27-13-14-8-4-3-5-9-14/h3-11,15,17,19,23H,2,12-13H2,1H3/t15-,17+,19-/m1/s1. The second-order valence-corrected chi connectivity index (χ2v) is 6.58. The van der Waals surface area contributed by atoms with Crippen LogP contribution in [0.5, 0.6) is 0 Å². The van der Waals surface area contributed by atoms with Gasteiger partial charge in [-0.2, -0.15) is 0 Å². The number of hydrogen-bond acceptors (Lipinski definition) is 5. The lowest BCUT2D eigenvalue weighted by Crippen LogP contribution is -2.51. The van der Waals surface area contributed by atoms with E-state index in [4.69, 9.17) is 4.74 Å². The summed E-state index contributed by atoms with van der Waals surface area (Å²) in [5.41, 5.74) is 1.98. The molecule has 142 valence electrons. The van der Waals surface area contributed by atoms with E-state index in [1.807, 2.05) is 37.3 Å². The van der Waals surface area contributed by atoms with Crippen LogP contribution in [-0.2, 0) is 11.3 Å². The molecule has 1 heterocycles. The fourth-order valence-corrected chi connectivity index (χ4v) is 3.68. The van der Waals surface area contributed by atoms with Gasteiger partial charge in [0, 0.05) is 10.8 Å². The summed E-state index contributed by atoms with van der Waals surface area (Å²) in [7, 11) is 0. The first-order chi connectivity index (χ1) is 13.0. The molecule has 3 atom stereocenters. The number of aliphatic hydroxyl groups is 1. The van der Waals surface area contributed by atoms with Gasteiger partial charge in [0.2, 0.25) is 6.54 Å². The highest BCUT2D eigenvalue weighted by Crippen LogP contribution is 2.43. The van der Waals surface area contributed by atoms with Crippen LogP contribution in [0.25, 0.3) is 0 Å². The van der Waals surface area contributed by atoms with Crippen LogP contribution in [0.4, 0.5) is 10.5 Å².